The predicted molar refractivity (Wildman–Crippen MR) is 116 cm³/mol. The zero-order valence-corrected chi connectivity index (χ0v) is 18.5. The van der Waals surface area contributed by atoms with Crippen LogP contribution in [0.25, 0.3) is 11.0 Å². The molecule has 2 heterocycles. The summed E-state index contributed by atoms with van der Waals surface area (Å²) in [5.74, 6) is -0.119. The van der Waals surface area contributed by atoms with Gasteiger partial charge in [-0.15, -0.1) is 0 Å². The minimum absolute atomic E-state index is 0.0416. The van der Waals surface area contributed by atoms with E-state index in [-0.39, 0.29) is 34.3 Å². The summed E-state index contributed by atoms with van der Waals surface area (Å²) in [6.07, 6.45) is 0. The smallest absolute Gasteiger partial charge is 0.330 e. The molecule has 0 bridgehead atoms. The Bertz CT molecular complexity index is 988. The molecule has 0 unspecified atom stereocenters. The third-order valence-electron chi connectivity index (χ3n) is 4.98. The van der Waals surface area contributed by atoms with E-state index < -0.39 is 11.2 Å². The van der Waals surface area contributed by atoms with Crippen molar-refractivity contribution in [3.8, 4) is 0 Å². The second-order valence-electron chi connectivity index (χ2n) is 8.54. The van der Waals surface area contributed by atoms with Crippen LogP contribution in [0, 0.1) is 5.92 Å². The molecule has 0 radical (unpaired) electrons. The SMILES string of the molecule is CC(C)Cn1c(=O)[nH]c(=O)c2c(C(=O)NCCN(C)C(C)C)cc(C(C)C)nc21. The first-order chi connectivity index (χ1) is 13.5. The fraction of sp³-hybridized carbons (Fsp3) is 0.619. The lowest BCUT2D eigenvalue weighted by Crippen LogP contribution is -2.37. The topological polar surface area (TPSA) is 100 Å². The zero-order valence-electron chi connectivity index (χ0n) is 18.5. The number of aromatic amines is 1. The summed E-state index contributed by atoms with van der Waals surface area (Å²) in [5.41, 5.74) is 0.101. The second-order valence-corrected chi connectivity index (χ2v) is 8.54. The summed E-state index contributed by atoms with van der Waals surface area (Å²) in [6.45, 7) is 13.6. The Labute approximate surface area is 171 Å². The third-order valence-corrected chi connectivity index (χ3v) is 4.98. The summed E-state index contributed by atoms with van der Waals surface area (Å²) in [5, 5.41) is 3.05. The van der Waals surface area contributed by atoms with Gasteiger partial charge in [-0.2, -0.15) is 0 Å². The lowest BCUT2D eigenvalue weighted by molar-refractivity contribution is 0.0949. The van der Waals surface area contributed by atoms with Crippen molar-refractivity contribution in [1.29, 1.82) is 0 Å². The Hall–Kier alpha value is -2.48. The normalized spacial score (nSPS) is 12.0. The molecule has 2 aromatic rings. The van der Waals surface area contributed by atoms with E-state index >= 15 is 0 Å². The first-order valence-corrected chi connectivity index (χ1v) is 10.2. The van der Waals surface area contributed by atoms with Crippen LogP contribution in [0.2, 0.25) is 0 Å². The average molecular weight is 404 g/mol. The minimum Gasteiger partial charge on any atom is -0.351 e. The molecule has 0 saturated heterocycles. The molecule has 160 valence electrons. The molecule has 0 atom stereocenters. The molecule has 0 spiro atoms. The van der Waals surface area contributed by atoms with E-state index in [2.05, 4.69) is 34.0 Å². The molecule has 0 fully saturated rings. The number of hydrogen-bond acceptors (Lipinski definition) is 5. The van der Waals surface area contributed by atoms with Crippen LogP contribution in [-0.2, 0) is 6.54 Å². The van der Waals surface area contributed by atoms with Crippen molar-refractivity contribution >= 4 is 16.9 Å². The highest BCUT2D eigenvalue weighted by molar-refractivity contribution is 6.05. The van der Waals surface area contributed by atoms with Gasteiger partial charge in [-0.3, -0.25) is 19.1 Å². The number of pyridine rings is 1. The van der Waals surface area contributed by atoms with Gasteiger partial charge in [-0.25, -0.2) is 9.78 Å². The molecule has 0 aliphatic heterocycles. The predicted octanol–water partition coefficient (Wildman–Crippen LogP) is 1.93. The molecule has 0 aliphatic carbocycles. The molecule has 1 amide bonds. The van der Waals surface area contributed by atoms with Crippen molar-refractivity contribution < 1.29 is 4.79 Å². The van der Waals surface area contributed by atoms with E-state index in [0.29, 0.717) is 31.4 Å². The number of aromatic nitrogens is 3. The summed E-state index contributed by atoms with van der Waals surface area (Å²) in [7, 11) is 1.99. The summed E-state index contributed by atoms with van der Waals surface area (Å²) >= 11 is 0. The van der Waals surface area contributed by atoms with Crippen LogP contribution in [0.3, 0.4) is 0 Å². The Morgan fingerprint density at radius 2 is 1.86 bits per heavy atom. The number of likely N-dealkylation sites (N-methyl/N-ethyl adjacent to an activating group) is 1. The van der Waals surface area contributed by atoms with Gasteiger partial charge in [0, 0.05) is 31.4 Å². The Balaban J connectivity index is 2.57. The van der Waals surface area contributed by atoms with Crippen LogP contribution >= 0.6 is 0 Å². The van der Waals surface area contributed by atoms with Gasteiger partial charge in [-0.05, 0) is 38.8 Å². The van der Waals surface area contributed by atoms with Gasteiger partial charge >= 0.3 is 5.69 Å². The molecule has 2 aromatic heterocycles. The molecule has 0 aliphatic rings. The number of carbonyl (C=O) groups is 1. The maximum Gasteiger partial charge on any atom is 0.330 e. The molecule has 0 aromatic carbocycles. The molecular formula is C21H33N5O3. The van der Waals surface area contributed by atoms with E-state index in [1.54, 1.807) is 6.07 Å². The largest absolute Gasteiger partial charge is 0.351 e. The maximum atomic E-state index is 13.0. The fourth-order valence-corrected chi connectivity index (χ4v) is 3.00. The molecule has 2 rings (SSSR count). The molecule has 2 N–H and O–H groups in total. The molecular weight excluding hydrogens is 370 g/mol. The lowest BCUT2D eigenvalue weighted by Gasteiger charge is -2.21. The highest BCUT2D eigenvalue weighted by atomic mass is 16.2. The summed E-state index contributed by atoms with van der Waals surface area (Å²) in [6, 6.07) is 2.03. The zero-order chi connectivity index (χ0) is 21.9. The van der Waals surface area contributed by atoms with E-state index in [1.807, 2.05) is 34.7 Å². The fourth-order valence-electron chi connectivity index (χ4n) is 3.00. The van der Waals surface area contributed by atoms with Gasteiger partial charge in [0.2, 0.25) is 0 Å². The first kappa shape index (κ1) is 22.8. The van der Waals surface area contributed by atoms with Gasteiger partial charge in [0.25, 0.3) is 11.5 Å². The van der Waals surface area contributed by atoms with Crippen LogP contribution in [0.15, 0.2) is 15.7 Å². The number of fused-ring (bicyclic) bond motifs is 1. The molecule has 8 nitrogen and oxygen atoms in total. The minimum atomic E-state index is -0.586. The summed E-state index contributed by atoms with van der Waals surface area (Å²) < 4.78 is 1.45. The highest BCUT2D eigenvalue weighted by Gasteiger charge is 2.20. The molecule has 0 saturated carbocycles. The van der Waals surface area contributed by atoms with E-state index in [1.165, 1.54) is 4.57 Å². The Morgan fingerprint density at radius 3 is 2.41 bits per heavy atom. The van der Waals surface area contributed by atoms with Crippen molar-refractivity contribution in [3.63, 3.8) is 0 Å². The first-order valence-electron chi connectivity index (χ1n) is 10.2. The van der Waals surface area contributed by atoms with E-state index in [0.717, 1.165) is 0 Å². The standard InChI is InChI=1S/C21H33N5O3/c1-12(2)11-26-18-17(20(28)24-21(26)29)15(10-16(23-18)13(3)4)19(27)22-8-9-25(7)14(5)6/h10,12-14H,8-9,11H2,1-7H3,(H,22,27)(H,24,28,29). The van der Waals surface area contributed by atoms with E-state index in [4.69, 9.17) is 0 Å². The van der Waals surface area contributed by atoms with Crippen LogP contribution in [0.1, 0.15) is 63.5 Å². The molecule has 29 heavy (non-hydrogen) atoms. The number of H-pyrrole nitrogens is 1. The second kappa shape index (κ2) is 9.35. The van der Waals surface area contributed by atoms with Crippen LogP contribution in [-0.4, -0.2) is 51.5 Å². The number of rotatable bonds is 8. The number of nitrogens with zero attached hydrogens (tertiary/aromatic N) is 3. The lowest BCUT2D eigenvalue weighted by atomic mass is 10.0. The van der Waals surface area contributed by atoms with Gasteiger partial charge in [0.1, 0.15) is 0 Å². The Morgan fingerprint density at radius 1 is 1.21 bits per heavy atom. The Kier molecular flexibility index (Phi) is 7.35. The van der Waals surface area contributed by atoms with Gasteiger partial charge in [0.05, 0.1) is 10.9 Å². The van der Waals surface area contributed by atoms with Crippen molar-refractivity contribution in [2.75, 3.05) is 20.1 Å². The van der Waals surface area contributed by atoms with Crippen molar-refractivity contribution in [3.05, 3.63) is 38.2 Å². The van der Waals surface area contributed by atoms with Crippen molar-refractivity contribution in [2.24, 2.45) is 5.92 Å². The average Bonchev–Trinajstić information content (AvgIpc) is 2.63. The van der Waals surface area contributed by atoms with Gasteiger partial charge < -0.3 is 10.2 Å². The number of amides is 1. The highest BCUT2D eigenvalue weighted by Crippen LogP contribution is 2.20. The molecule has 8 heteroatoms. The monoisotopic (exact) mass is 403 g/mol. The summed E-state index contributed by atoms with van der Waals surface area (Å²) in [4.78, 5) is 47.0. The van der Waals surface area contributed by atoms with E-state index in [9.17, 15) is 14.4 Å². The number of carbonyl (C=O) groups excluding carboxylic acids is 1. The third kappa shape index (κ3) is 5.32. The van der Waals surface area contributed by atoms with Crippen LogP contribution < -0.4 is 16.6 Å². The number of hydrogen-bond donors (Lipinski definition) is 2. The van der Waals surface area contributed by atoms with Crippen LogP contribution in [0.5, 0.6) is 0 Å². The quantitative estimate of drug-likeness (QED) is 0.702. The van der Waals surface area contributed by atoms with Crippen LogP contribution in [0.4, 0.5) is 0 Å². The number of nitrogens with one attached hydrogen (secondary N) is 2. The van der Waals surface area contributed by atoms with Gasteiger partial charge in [0.15, 0.2) is 5.65 Å². The van der Waals surface area contributed by atoms with Crippen molar-refractivity contribution in [2.45, 2.75) is 60.0 Å². The van der Waals surface area contributed by atoms with Crippen molar-refractivity contribution in [1.82, 2.24) is 24.8 Å². The van der Waals surface area contributed by atoms with Gasteiger partial charge in [-0.1, -0.05) is 27.7 Å². The maximum absolute atomic E-state index is 13.0.